The van der Waals surface area contributed by atoms with E-state index in [2.05, 4.69) is 16.0 Å². The molecule has 1 amide bonds. The maximum absolute atomic E-state index is 13.2. The number of aromatic nitrogens is 2. The lowest BCUT2D eigenvalue weighted by atomic mass is 9.80. The highest BCUT2D eigenvalue weighted by Crippen LogP contribution is 2.42. The minimum atomic E-state index is -0.0462. The van der Waals surface area contributed by atoms with Gasteiger partial charge in [-0.25, -0.2) is 4.98 Å². The van der Waals surface area contributed by atoms with Gasteiger partial charge in [0.1, 0.15) is 0 Å². The second-order valence-electron chi connectivity index (χ2n) is 8.96. The Morgan fingerprint density at radius 3 is 2.82 bits per heavy atom. The summed E-state index contributed by atoms with van der Waals surface area (Å²) in [5.41, 5.74) is 1.80. The number of hydrogen-bond donors (Lipinski definition) is 1. The molecule has 148 valence electrons. The summed E-state index contributed by atoms with van der Waals surface area (Å²) < 4.78 is 5.81. The first kappa shape index (κ1) is 16.8. The summed E-state index contributed by atoms with van der Waals surface area (Å²) in [7, 11) is 0. The minimum absolute atomic E-state index is 0.0155. The van der Waals surface area contributed by atoms with Crippen LogP contribution < -0.4 is 10.5 Å². The Hall–Kier alpha value is -2.15. The van der Waals surface area contributed by atoms with Crippen molar-refractivity contribution >= 4 is 11.9 Å². The van der Waals surface area contributed by atoms with Crippen molar-refractivity contribution in [3.05, 3.63) is 33.8 Å². The van der Waals surface area contributed by atoms with Gasteiger partial charge in [-0.2, -0.15) is 0 Å². The van der Waals surface area contributed by atoms with Crippen molar-refractivity contribution in [3.63, 3.8) is 0 Å². The monoisotopic (exact) mass is 382 g/mol. The Morgan fingerprint density at radius 1 is 1.21 bits per heavy atom. The smallest absolute Gasteiger partial charge is 0.255 e. The van der Waals surface area contributed by atoms with Crippen LogP contribution in [0.25, 0.3) is 0 Å². The Kier molecular flexibility index (Phi) is 3.70. The molecule has 0 aromatic carbocycles. The topological polar surface area (TPSA) is 78.5 Å². The zero-order chi connectivity index (χ0) is 18.8. The lowest BCUT2D eigenvalue weighted by Gasteiger charge is -2.27. The molecule has 7 heteroatoms. The van der Waals surface area contributed by atoms with Crippen molar-refractivity contribution in [3.8, 4) is 0 Å². The van der Waals surface area contributed by atoms with Gasteiger partial charge in [0.25, 0.3) is 5.56 Å². The molecule has 0 saturated carbocycles. The van der Waals surface area contributed by atoms with E-state index in [0.29, 0.717) is 12.5 Å². The number of likely N-dealkylation sites (tertiary alicyclic amines) is 1. The van der Waals surface area contributed by atoms with Crippen molar-refractivity contribution in [2.45, 2.75) is 50.2 Å². The average Bonchev–Trinajstić information content (AvgIpc) is 3.50. The molecule has 7 nitrogen and oxygen atoms in total. The standard InChI is InChI=1S/C21H26N4O3/c26-19-14-5-3-12-10-25(20(27)15-9-13-4-6-17(15)28-13)11-16(12)18(14)22-21(23-19)24-7-1-2-8-24/h4,6,12-13,15-17H,1-3,5,7-11H2,(H,22,23,26)/t12-,13-,15-,16+,17-/m1/s1. The first-order valence-electron chi connectivity index (χ1n) is 10.7. The molecule has 6 rings (SSSR count). The van der Waals surface area contributed by atoms with E-state index < -0.39 is 0 Å². The van der Waals surface area contributed by atoms with E-state index in [9.17, 15) is 9.59 Å². The van der Waals surface area contributed by atoms with Gasteiger partial charge in [-0.1, -0.05) is 12.2 Å². The van der Waals surface area contributed by atoms with Crippen LogP contribution in [0.1, 0.15) is 42.9 Å². The number of fused-ring (bicyclic) bond motifs is 5. The number of aromatic amines is 1. The molecule has 5 aliphatic rings. The van der Waals surface area contributed by atoms with Crippen LogP contribution in [-0.2, 0) is 16.0 Å². The van der Waals surface area contributed by atoms with Crippen molar-refractivity contribution in [2.75, 3.05) is 31.1 Å². The van der Waals surface area contributed by atoms with Crippen molar-refractivity contribution in [2.24, 2.45) is 11.8 Å². The molecule has 1 aromatic heterocycles. The molecule has 2 bridgehead atoms. The third-order valence-electron chi connectivity index (χ3n) is 7.36. The van der Waals surface area contributed by atoms with E-state index in [0.717, 1.165) is 68.9 Å². The number of hydrogen-bond acceptors (Lipinski definition) is 5. The highest BCUT2D eigenvalue weighted by atomic mass is 16.5. The number of nitrogens with zero attached hydrogens (tertiary/aromatic N) is 3. The largest absolute Gasteiger partial charge is 0.366 e. The molecule has 1 aromatic rings. The fourth-order valence-electron chi connectivity index (χ4n) is 5.86. The number of rotatable bonds is 2. The number of anilines is 1. The van der Waals surface area contributed by atoms with Gasteiger partial charge in [0.05, 0.1) is 23.8 Å². The van der Waals surface area contributed by atoms with Crippen LogP contribution in [-0.4, -0.2) is 59.2 Å². The Labute approximate surface area is 163 Å². The minimum Gasteiger partial charge on any atom is -0.366 e. The predicted octanol–water partition coefficient (Wildman–Crippen LogP) is 1.20. The van der Waals surface area contributed by atoms with E-state index in [1.54, 1.807) is 0 Å². The summed E-state index contributed by atoms with van der Waals surface area (Å²) >= 11 is 0. The van der Waals surface area contributed by atoms with Gasteiger partial charge >= 0.3 is 0 Å². The molecule has 4 aliphatic heterocycles. The summed E-state index contributed by atoms with van der Waals surface area (Å²) in [5, 5.41) is 0. The molecule has 1 N–H and O–H groups in total. The molecule has 0 radical (unpaired) electrons. The van der Waals surface area contributed by atoms with Crippen molar-refractivity contribution in [1.29, 1.82) is 0 Å². The van der Waals surface area contributed by atoms with Crippen LogP contribution in [0.5, 0.6) is 0 Å². The van der Waals surface area contributed by atoms with E-state index >= 15 is 0 Å². The molecular formula is C21H26N4O3. The summed E-state index contributed by atoms with van der Waals surface area (Å²) in [6, 6.07) is 0. The Bertz CT molecular complexity index is 903. The first-order valence-corrected chi connectivity index (χ1v) is 10.7. The zero-order valence-electron chi connectivity index (χ0n) is 16.0. The van der Waals surface area contributed by atoms with Crippen LogP contribution >= 0.6 is 0 Å². The zero-order valence-corrected chi connectivity index (χ0v) is 16.0. The van der Waals surface area contributed by atoms with Crippen LogP contribution in [0, 0.1) is 11.8 Å². The van der Waals surface area contributed by atoms with Gasteiger partial charge in [0.15, 0.2) is 0 Å². The van der Waals surface area contributed by atoms with E-state index in [1.165, 1.54) is 0 Å². The quantitative estimate of drug-likeness (QED) is 0.778. The molecule has 3 fully saturated rings. The van der Waals surface area contributed by atoms with E-state index in [-0.39, 0.29) is 35.5 Å². The van der Waals surface area contributed by atoms with Gasteiger partial charge in [-0.15, -0.1) is 0 Å². The highest BCUT2D eigenvalue weighted by molar-refractivity contribution is 5.81. The average molecular weight is 382 g/mol. The summed E-state index contributed by atoms with van der Waals surface area (Å²) in [6.45, 7) is 3.38. The maximum Gasteiger partial charge on any atom is 0.255 e. The third-order valence-corrected chi connectivity index (χ3v) is 7.36. The van der Waals surface area contributed by atoms with Crippen LogP contribution in [0.4, 0.5) is 5.95 Å². The number of carbonyl (C=O) groups excluding carboxylic acids is 1. The summed E-state index contributed by atoms with van der Waals surface area (Å²) in [6.07, 6.45) is 9.01. The van der Waals surface area contributed by atoms with Crippen LogP contribution in [0.2, 0.25) is 0 Å². The van der Waals surface area contributed by atoms with Gasteiger partial charge < -0.3 is 14.5 Å². The van der Waals surface area contributed by atoms with E-state index in [4.69, 9.17) is 9.72 Å². The summed E-state index contributed by atoms with van der Waals surface area (Å²) in [5.74, 6) is 1.50. The lowest BCUT2D eigenvalue weighted by Crippen LogP contribution is -2.38. The van der Waals surface area contributed by atoms with Gasteiger partial charge in [-0.3, -0.25) is 14.6 Å². The molecular weight excluding hydrogens is 356 g/mol. The Balaban J connectivity index is 1.27. The molecule has 5 heterocycles. The maximum atomic E-state index is 13.2. The van der Waals surface area contributed by atoms with Crippen molar-refractivity contribution in [1.82, 2.24) is 14.9 Å². The first-order chi connectivity index (χ1) is 13.7. The Morgan fingerprint density at radius 2 is 2.07 bits per heavy atom. The SMILES string of the molecule is O=C([C@@H]1C[C@H]2C=C[C@H]1O2)N1C[C@H]2CCc3c(nc(N4CCCC4)[nH]c3=O)[C@H]2C1. The molecule has 1 aliphatic carbocycles. The molecule has 28 heavy (non-hydrogen) atoms. The molecule has 5 atom stereocenters. The second-order valence-corrected chi connectivity index (χ2v) is 8.96. The van der Waals surface area contributed by atoms with Gasteiger partial charge in [0, 0.05) is 37.7 Å². The number of amides is 1. The lowest BCUT2D eigenvalue weighted by molar-refractivity contribution is -0.135. The number of ether oxygens (including phenoxy) is 1. The fourth-order valence-corrected chi connectivity index (χ4v) is 5.86. The number of H-pyrrole nitrogens is 1. The summed E-state index contributed by atoms with van der Waals surface area (Å²) in [4.78, 5) is 38.0. The van der Waals surface area contributed by atoms with E-state index in [1.807, 2.05) is 11.0 Å². The van der Waals surface area contributed by atoms with Crippen molar-refractivity contribution < 1.29 is 9.53 Å². The van der Waals surface area contributed by atoms with Crippen LogP contribution in [0.15, 0.2) is 16.9 Å². The fraction of sp³-hybridized carbons (Fsp3) is 0.667. The highest BCUT2D eigenvalue weighted by Gasteiger charge is 2.47. The van der Waals surface area contributed by atoms with Gasteiger partial charge in [-0.05, 0) is 38.0 Å². The second kappa shape index (κ2) is 6.17. The van der Waals surface area contributed by atoms with Crippen LogP contribution in [0.3, 0.4) is 0 Å². The van der Waals surface area contributed by atoms with Gasteiger partial charge in [0.2, 0.25) is 11.9 Å². The predicted molar refractivity (Wildman–Crippen MR) is 103 cm³/mol. The number of nitrogens with one attached hydrogen (secondary N) is 1. The molecule has 3 saturated heterocycles. The normalized spacial score (nSPS) is 35.5. The number of carbonyl (C=O) groups is 1. The molecule has 0 unspecified atom stereocenters. The molecule has 0 spiro atoms. The third kappa shape index (κ3) is 2.48.